The number of ether oxygens (including phenoxy) is 1. The van der Waals surface area contributed by atoms with Gasteiger partial charge in [-0.15, -0.1) is 0 Å². The predicted octanol–water partition coefficient (Wildman–Crippen LogP) is -0.507. The fourth-order valence-electron chi connectivity index (χ4n) is 1.89. The zero-order valence-corrected chi connectivity index (χ0v) is 11.7. The van der Waals surface area contributed by atoms with Crippen LogP contribution in [0.4, 0.5) is 0 Å². The van der Waals surface area contributed by atoms with E-state index in [0.29, 0.717) is 19.6 Å². The van der Waals surface area contributed by atoms with E-state index in [-0.39, 0.29) is 6.10 Å². The van der Waals surface area contributed by atoms with Gasteiger partial charge >= 0.3 is 0 Å². The summed E-state index contributed by atoms with van der Waals surface area (Å²) in [5.74, 6) is 0. The van der Waals surface area contributed by atoms with E-state index in [0.717, 1.165) is 19.4 Å². The van der Waals surface area contributed by atoms with Crippen molar-refractivity contribution in [2.24, 2.45) is 0 Å². The van der Waals surface area contributed by atoms with Gasteiger partial charge in [0.25, 0.3) is 10.2 Å². The molecule has 0 aromatic heterocycles. The highest BCUT2D eigenvalue weighted by Gasteiger charge is 2.33. The third kappa shape index (κ3) is 3.89. The van der Waals surface area contributed by atoms with E-state index in [9.17, 15) is 8.42 Å². The summed E-state index contributed by atoms with van der Waals surface area (Å²) >= 11 is 0. The number of nitrogens with one attached hydrogen (secondary N) is 1. The highest BCUT2D eigenvalue weighted by molar-refractivity contribution is 7.86. The summed E-state index contributed by atoms with van der Waals surface area (Å²) in [6, 6.07) is 0. The lowest BCUT2D eigenvalue weighted by Crippen LogP contribution is -2.41. The molecule has 1 atom stereocenters. The standard InChI is InChI=1S/C10H23N3O3S/c1-11-6-4-7-12(2)17(14,15)13-8-5-10(9-13)16-3/h10-11H,4-9H2,1-3H3. The molecule has 1 saturated heterocycles. The lowest BCUT2D eigenvalue weighted by Gasteiger charge is -2.23. The van der Waals surface area contributed by atoms with E-state index in [2.05, 4.69) is 5.32 Å². The molecule has 0 aromatic carbocycles. The SMILES string of the molecule is CNCCCN(C)S(=O)(=O)N1CCC(OC)C1. The topological polar surface area (TPSA) is 61.9 Å². The first-order chi connectivity index (χ1) is 8.02. The lowest BCUT2D eigenvalue weighted by molar-refractivity contribution is 0.114. The minimum absolute atomic E-state index is 0.0375. The van der Waals surface area contributed by atoms with E-state index in [1.807, 2.05) is 7.05 Å². The van der Waals surface area contributed by atoms with Crippen LogP contribution in [0.15, 0.2) is 0 Å². The number of rotatable bonds is 7. The molecular formula is C10H23N3O3S. The lowest BCUT2D eigenvalue weighted by atomic mass is 10.3. The molecular weight excluding hydrogens is 242 g/mol. The van der Waals surface area contributed by atoms with E-state index in [1.165, 1.54) is 8.61 Å². The zero-order chi connectivity index (χ0) is 12.9. The summed E-state index contributed by atoms with van der Waals surface area (Å²) in [5.41, 5.74) is 0. The Kier molecular flexibility index (Phi) is 5.81. The normalized spacial score (nSPS) is 22.5. The molecule has 0 radical (unpaired) electrons. The Bertz CT molecular complexity index is 321. The van der Waals surface area contributed by atoms with Gasteiger partial charge in [-0.1, -0.05) is 0 Å². The van der Waals surface area contributed by atoms with Gasteiger partial charge in [-0.2, -0.15) is 17.0 Å². The molecule has 102 valence electrons. The molecule has 1 aliphatic heterocycles. The van der Waals surface area contributed by atoms with E-state index in [4.69, 9.17) is 4.74 Å². The van der Waals surface area contributed by atoms with Crippen LogP contribution in [0.3, 0.4) is 0 Å². The molecule has 0 saturated carbocycles. The first-order valence-electron chi connectivity index (χ1n) is 5.91. The fourth-order valence-corrected chi connectivity index (χ4v) is 3.34. The highest BCUT2D eigenvalue weighted by Crippen LogP contribution is 2.17. The molecule has 0 bridgehead atoms. The summed E-state index contributed by atoms with van der Waals surface area (Å²) in [6.07, 6.45) is 1.63. The molecule has 1 fully saturated rings. The maximum absolute atomic E-state index is 12.2. The van der Waals surface area contributed by atoms with Crippen LogP contribution in [0.1, 0.15) is 12.8 Å². The molecule has 17 heavy (non-hydrogen) atoms. The van der Waals surface area contributed by atoms with Crippen molar-refractivity contribution < 1.29 is 13.2 Å². The van der Waals surface area contributed by atoms with Gasteiger partial charge in [-0.05, 0) is 26.4 Å². The predicted molar refractivity (Wildman–Crippen MR) is 67.1 cm³/mol. The second-order valence-electron chi connectivity index (χ2n) is 4.29. The Morgan fingerprint density at radius 3 is 2.76 bits per heavy atom. The van der Waals surface area contributed by atoms with Gasteiger partial charge in [0.2, 0.25) is 0 Å². The first kappa shape index (κ1) is 14.8. The van der Waals surface area contributed by atoms with E-state index < -0.39 is 10.2 Å². The summed E-state index contributed by atoms with van der Waals surface area (Å²) in [5, 5.41) is 3.01. The molecule has 1 unspecified atom stereocenters. The van der Waals surface area contributed by atoms with Gasteiger partial charge in [0.05, 0.1) is 6.10 Å². The van der Waals surface area contributed by atoms with Crippen LogP contribution in [-0.2, 0) is 14.9 Å². The van der Waals surface area contributed by atoms with Crippen molar-refractivity contribution >= 4 is 10.2 Å². The van der Waals surface area contributed by atoms with Crippen molar-refractivity contribution in [1.82, 2.24) is 13.9 Å². The maximum Gasteiger partial charge on any atom is 0.281 e. The summed E-state index contributed by atoms with van der Waals surface area (Å²) in [4.78, 5) is 0. The average Bonchev–Trinajstić information content (AvgIpc) is 2.78. The van der Waals surface area contributed by atoms with Gasteiger partial charge in [0, 0.05) is 33.8 Å². The van der Waals surface area contributed by atoms with Crippen molar-refractivity contribution in [2.45, 2.75) is 18.9 Å². The molecule has 0 amide bonds. The van der Waals surface area contributed by atoms with Crippen LogP contribution in [-0.4, -0.2) is 70.5 Å². The highest BCUT2D eigenvalue weighted by atomic mass is 32.2. The van der Waals surface area contributed by atoms with E-state index >= 15 is 0 Å². The number of methoxy groups -OCH3 is 1. The second kappa shape index (κ2) is 6.65. The van der Waals surface area contributed by atoms with Crippen molar-refractivity contribution in [1.29, 1.82) is 0 Å². The van der Waals surface area contributed by atoms with Gasteiger partial charge in [-0.25, -0.2) is 0 Å². The minimum Gasteiger partial charge on any atom is -0.380 e. The summed E-state index contributed by atoms with van der Waals surface area (Å²) in [7, 11) is 1.81. The largest absolute Gasteiger partial charge is 0.380 e. The molecule has 1 aliphatic rings. The Hall–Kier alpha value is -0.210. The number of nitrogens with zero attached hydrogens (tertiary/aromatic N) is 2. The van der Waals surface area contributed by atoms with Crippen molar-refractivity contribution in [3.8, 4) is 0 Å². The average molecular weight is 265 g/mol. The van der Waals surface area contributed by atoms with Gasteiger partial charge in [0.1, 0.15) is 0 Å². The minimum atomic E-state index is -3.30. The van der Waals surface area contributed by atoms with Crippen LogP contribution >= 0.6 is 0 Å². The van der Waals surface area contributed by atoms with Crippen molar-refractivity contribution in [3.63, 3.8) is 0 Å². The van der Waals surface area contributed by atoms with Crippen LogP contribution in [0.25, 0.3) is 0 Å². The Balaban J connectivity index is 2.50. The van der Waals surface area contributed by atoms with Crippen LogP contribution in [0.2, 0.25) is 0 Å². The smallest absolute Gasteiger partial charge is 0.281 e. The summed E-state index contributed by atoms with van der Waals surface area (Å²) < 4.78 is 32.4. The zero-order valence-electron chi connectivity index (χ0n) is 10.8. The molecule has 0 aromatic rings. The Labute approximate surface area is 104 Å². The second-order valence-corrected chi connectivity index (χ2v) is 6.33. The number of hydrogen-bond acceptors (Lipinski definition) is 4. The Morgan fingerprint density at radius 2 is 2.24 bits per heavy atom. The van der Waals surface area contributed by atoms with Crippen LogP contribution < -0.4 is 5.32 Å². The molecule has 0 spiro atoms. The van der Waals surface area contributed by atoms with Crippen LogP contribution in [0, 0.1) is 0 Å². The molecule has 1 N–H and O–H groups in total. The monoisotopic (exact) mass is 265 g/mol. The van der Waals surface area contributed by atoms with Crippen molar-refractivity contribution in [2.75, 3.05) is 47.4 Å². The molecule has 1 heterocycles. The Morgan fingerprint density at radius 1 is 1.53 bits per heavy atom. The third-order valence-corrected chi connectivity index (χ3v) is 5.02. The number of hydrogen-bond donors (Lipinski definition) is 1. The summed E-state index contributed by atoms with van der Waals surface area (Å²) in [6.45, 7) is 2.38. The fraction of sp³-hybridized carbons (Fsp3) is 1.00. The molecule has 1 rings (SSSR count). The van der Waals surface area contributed by atoms with Gasteiger partial charge in [0.15, 0.2) is 0 Å². The van der Waals surface area contributed by atoms with Crippen LogP contribution in [0.5, 0.6) is 0 Å². The van der Waals surface area contributed by atoms with E-state index in [1.54, 1.807) is 14.2 Å². The molecule has 7 heteroatoms. The van der Waals surface area contributed by atoms with Gasteiger partial charge in [-0.3, -0.25) is 0 Å². The first-order valence-corrected chi connectivity index (χ1v) is 7.31. The quantitative estimate of drug-likeness (QED) is 0.630. The molecule has 0 aliphatic carbocycles. The third-order valence-electron chi connectivity index (χ3n) is 3.06. The van der Waals surface area contributed by atoms with Gasteiger partial charge < -0.3 is 10.1 Å². The van der Waals surface area contributed by atoms with Crippen molar-refractivity contribution in [3.05, 3.63) is 0 Å². The molecule has 6 nitrogen and oxygen atoms in total. The maximum atomic E-state index is 12.2.